The van der Waals surface area contributed by atoms with Crippen molar-refractivity contribution in [1.82, 2.24) is 0 Å². The molecule has 142 valence electrons. The van der Waals surface area contributed by atoms with Gasteiger partial charge in [0.2, 0.25) is 5.91 Å². The molecule has 0 bridgehead atoms. The van der Waals surface area contributed by atoms with Crippen molar-refractivity contribution in [3.8, 4) is 0 Å². The number of hydrogen-bond acceptors (Lipinski definition) is 1. The summed E-state index contributed by atoms with van der Waals surface area (Å²) >= 11 is 0. The Hall–Kier alpha value is -1.38. The second kappa shape index (κ2) is 14.9. The molecule has 1 aromatic heterocycles. The van der Waals surface area contributed by atoms with E-state index in [1.54, 1.807) is 0 Å². The molecule has 1 heterocycles. The van der Waals surface area contributed by atoms with E-state index >= 15 is 0 Å². The highest BCUT2D eigenvalue weighted by atomic mass is 16.1. The summed E-state index contributed by atoms with van der Waals surface area (Å²) < 4.78 is 2.19. The number of unbranched alkanes of at least 4 members (excludes halogenated alkanes) is 9. The number of carbonyl (C=O) groups excluding carboxylic acids is 1. The maximum absolute atomic E-state index is 11.6. The normalized spacial score (nSPS) is 12.2. The van der Waals surface area contributed by atoms with Crippen LogP contribution in [0.1, 0.15) is 90.4 Å². The van der Waals surface area contributed by atoms with E-state index < -0.39 is 0 Å². The summed E-state index contributed by atoms with van der Waals surface area (Å²) in [6.07, 6.45) is 20.2. The fraction of sp³-hybridized carbons (Fsp3) is 0.727. The monoisotopic (exact) mass is 347 g/mol. The maximum Gasteiger partial charge on any atom is 0.220 e. The lowest BCUT2D eigenvalue weighted by Gasteiger charge is -2.12. The molecule has 3 heteroatoms. The third-order valence-corrected chi connectivity index (χ3v) is 5.05. The molecule has 0 aliphatic heterocycles. The van der Waals surface area contributed by atoms with E-state index in [2.05, 4.69) is 36.0 Å². The Kier molecular flexibility index (Phi) is 12.9. The van der Waals surface area contributed by atoms with Crippen LogP contribution in [0.2, 0.25) is 0 Å². The van der Waals surface area contributed by atoms with Gasteiger partial charge in [-0.05, 0) is 19.3 Å². The summed E-state index contributed by atoms with van der Waals surface area (Å²) in [4.78, 5) is 11.6. The summed E-state index contributed by atoms with van der Waals surface area (Å²) in [7, 11) is 0. The molecule has 0 spiro atoms. The third-order valence-electron chi connectivity index (χ3n) is 5.05. The van der Waals surface area contributed by atoms with Crippen LogP contribution in [0.3, 0.4) is 0 Å². The molecule has 0 aromatic carbocycles. The zero-order chi connectivity index (χ0) is 18.2. The molecule has 1 aromatic rings. The van der Waals surface area contributed by atoms with Crippen molar-refractivity contribution >= 4 is 5.91 Å². The van der Waals surface area contributed by atoms with Crippen LogP contribution in [0.4, 0.5) is 0 Å². The smallest absolute Gasteiger partial charge is 0.220 e. The quantitative estimate of drug-likeness (QED) is 0.325. The van der Waals surface area contributed by atoms with E-state index in [9.17, 15) is 4.79 Å². The molecule has 0 aliphatic carbocycles. The van der Waals surface area contributed by atoms with Crippen molar-refractivity contribution in [3.63, 3.8) is 0 Å². The van der Waals surface area contributed by atoms with Gasteiger partial charge in [-0.15, -0.1) is 0 Å². The minimum atomic E-state index is -0.105. The highest BCUT2D eigenvalue weighted by Gasteiger charge is 2.14. The standard InChI is InChI=1S/C22H38N2O/c1-2-3-4-5-6-7-8-9-11-16-21(22(23)25)17-12-15-20-24-18-13-10-14-19-24/h10,13-14,18-19,21H,2-9,11-12,15-17,20H2,1H3,(H-,23,25)/p+1. The first-order valence-electron chi connectivity index (χ1n) is 10.5. The lowest BCUT2D eigenvalue weighted by Crippen LogP contribution is -2.32. The van der Waals surface area contributed by atoms with Gasteiger partial charge in [-0.2, -0.15) is 0 Å². The SMILES string of the molecule is CCCCCCCCCCCC(CCCC[n+]1ccccc1)C(N)=O. The number of aromatic nitrogens is 1. The Bertz CT molecular complexity index is 433. The number of nitrogens with zero attached hydrogens (tertiary/aromatic N) is 1. The lowest BCUT2D eigenvalue weighted by molar-refractivity contribution is -0.697. The van der Waals surface area contributed by atoms with Gasteiger partial charge < -0.3 is 5.73 Å². The minimum absolute atomic E-state index is 0.0744. The van der Waals surface area contributed by atoms with E-state index in [0.29, 0.717) is 0 Å². The predicted molar refractivity (Wildman–Crippen MR) is 105 cm³/mol. The first-order chi connectivity index (χ1) is 12.2. The van der Waals surface area contributed by atoms with Gasteiger partial charge in [-0.3, -0.25) is 4.79 Å². The molecule has 0 saturated heterocycles. The highest BCUT2D eigenvalue weighted by molar-refractivity contribution is 5.76. The minimum Gasteiger partial charge on any atom is -0.369 e. The summed E-state index contributed by atoms with van der Waals surface area (Å²) in [6, 6.07) is 6.14. The first kappa shape index (κ1) is 21.7. The van der Waals surface area contributed by atoms with Crippen molar-refractivity contribution < 1.29 is 9.36 Å². The van der Waals surface area contributed by atoms with Crippen LogP contribution in [0.5, 0.6) is 0 Å². The Labute approximate surface area is 155 Å². The molecule has 0 aliphatic rings. The molecular weight excluding hydrogens is 308 g/mol. The van der Waals surface area contributed by atoms with Crippen LogP contribution < -0.4 is 10.3 Å². The summed E-state index contributed by atoms with van der Waals surface area (Å²) in [6.45, 7) is 3.28. The molecule has 1 atom stereocenters. The zero-order valence-electron chi connectivity index (χ0n) is 16.3. The van der Waals surface area contributed by atoms with Gasteiger partial charge in [0.05, 0.1) is 0 Å². The Morgan fingerprint density at radius 2 is 1.32 bits per heavy atom. The molecule has 25 heavy (non-hydrogen) atoms. The fourth-order valence-corrected chi connectivity index (χ4v) is 3.40. The van der Waals surface area contributed by atoms with Crippen LogP contribution in [-0.2, 0) is 11.3 Å². The van der Waals surface area contributed by atoms with E-state index in [1.165, 1.54) is 51.4 Å². The van der Waals surface area contributed by atoms with Crippen LogP contribution in [0.25, 0.3) is 0 Å². The summed E-state index contributed by atoms with van der Waals surface area (Å²) in [5, 5.41) is 0. The van der Waals surface area contributed by atoms with Crippen molar-refractivity contribution in [2.24, 2.45) is 11.7 Å². The van der Waals surface area contributed by atoms with E-state index in [4.69, 9.17) is 5.73 Å². The fourth-order valence-electron chi connectivity index (χ4n) is 3.40. The topological polar surface area (TPSA) is 47.0 Å². The van der Waals surface area contributed by atoms with Gasteiger partial charge in [0, 0.05) is 24.5 Å². The Morgan fingerprint density at radius 3 is 1.88 bits per heavy atom. The largest absolute Gasteiger partial charge is 0.369 e. The average molecular weight is 348 g/mol. The molecular formula is C22H39N2O+. The van der Waals surface area contributed by atoms with Crippen molar-refractivity contribution in [2.75, 3.05) is 0 Å². The number of nitrogens with two attached hydrogens (primary N) is 1. The van der Waals surface area contributed by atoms with Gasteiger partial charge in [-0.25, -0.2) is 4.57 Å². The Balaban J connectivity index is 2.03. The van der Waals surface area contributed by atoms with Gasteiger partial charge in [0.1, 0.15) is 6.54 Å². The molecule has 0 radical (unpaired) electrons. The summed E-state index contributed by atoms with van der Waals surface area (Å²) in [5.41, 5.74) is 5.59. The van der Waals surface area contributed by atoms with Gasteiger partial charge in [0.15, 0.2) is 12.4 Å². The molecule has 1 amide bonds. The van der Waals surface area contributed by atoms with Crippen LogP contribution >= 0.6 is 0 Å². The van der Waals surface area contributed by atoms with E-state index in [-0.39, 0.29) is 11.8 Å². The van der Waals surface area contributed by atoms with E-state index in [1.807, 2.05) is 6.07 Å². The Morgan fingerprint density at radius 1 is 0.800 bits per heavy atom. The lowest BCUT2D eigenvalue weighted by atomic mass is 9.94. The number of amides is 1. The highest BCUT2D eigenvalue weighted by Crippen LogP contribution is 2.18. The predicted octanol–water partition coefficient (Wildman–Crippen LogP) is 5.17. The number of rotatable bonds is 16. The number of pyridine rings is 1. The molecule has 3 nitrogen and oxygen atoms in total. The second-order valence-corrected chi connectivity index (χ2v) is 7.33. The third kappa shape index (κ3) is 11.7. The van der Waals surface area contributed by atoms with Crippen molar-refractivity contribution in [2.45, 2.75) is 96.9 Å². The number of hydrogen-bond donors (Lipinski definition) is 1. The van der Waals surface area contributed by atoms with Gasteiger partial charge in [-0.1, -0.05) is 70.8 Å². The van der Waals surface area contributed by atoms with Crippen molar-refractivity contribution in [1.29, 1.82) is 0 Å². The number of aryl methyl sites for hydroxylation is 1. The van der Waals surface area contributed by atoms with E-state index in [0.717, 1.165) is 38.6 Å². The van der Waals surface area contributed by atoms with Gasteiger partial charge >= 0.3 is 0 Å². The van der Waals surface area contributed by atoms with Crippen molar-refractivity contribution in [3.05, 3.63) is 30.6 Å². The number of carbonyl (C=O) groups is 1. The average Bonchev–Trinajstić information content (AvgIpc) is 2.62. The summed E-state index contributed by atoms with van der Waals surface area (Å²) in [5.74, 6) is -0.0303. The molecule has 1 rings (SSSR count). The number of primary amides is 1. The molecule has 0 fully saturated rings. The maximum atomic E-state index is 11.6. The van der Waals surface area contributed by atoms with Gasteiger partial charge in [0.25, 0.3) is 0 Å². The molecule has 1 unspecified atom stereocenters. The zero-order valence-corrected chi connectivity index (χ0v) is 16.3. The second-order valence-electron chi connectivity index (χ2n) is 7.33. The van der Waals surface area contributed by atoms with Crippen LogP contribution in [0, 0.1) is 5.92 Å². The molecule has 0 saturated carbocycles. The first-order valence-corrected chi connectivity index (χ1v) is 10.5. The van der Waals surface area contributed by atoms with Crippen LogP contribution in [0.15, 0.2) is 30.6 Å². The van der Waals surface area contributed by atoms with Crippen LogP contribution in [-0.4, -0.2) is 5.91 Å². The molecule has 2 N–H and O–H groups in total.